The van der Waals surface area contributed by atoms with Crippen molar-refractivity contribution in [3.63, 3.8) is 0 Å². The molecule has 0 bridgehead atoms. The standard InChI is InChI=1S/C17H23N3O2/c1-13(21)20-11-17(12-20)10-19(9-15(17)16(22)18-2)8-14-6-4-3-5-7-14/h3-7,15H,8-12H2,1-2H3,(H,18,22). The number of benzene rings is 1. The van der Waals surface area contributed by atoms with Gasteiger partial charge in [0.05, 0.1) is 5.92 Å². The summed E-state index contributed by atoms with van der Waals surface area (Å²) in [7, 11) is 1.69. The van der Waals surface area contributed by atoms with Crippen LogP contribution in [0.5, 0.6) is 0 Å². The molecule has 118 valence electrons. The van der Waals surface area contributed by atoms with Crippen molar-refractivity contribution in [3.8, 4) is 0 Å². The highest BCUT2D eigenvalue weighted by Gasteiger charge is 2.57. The fourth-order valence-electron chi connectivity index (χ4n) is 3.83. The number of nitrogens with one attached hydrogen (secondary N) is 1. The van der Waals surface area contributed by atoms with E-state index in [1.165, 1.54) is 5.56 Å². The first kappa shape index (κ1) is 15.0. The van der Waals surface area contributed by atoms with E-state index >= 15 is 0 Å². The zero-order valence-electron chi connectivity index (χ0n) is 13.2. The third-order valence-corrected chi connectivity index (χ3v) is 4.99. The summed E-state index contributed by atoms with van der Waals surface area (Å²) in [5, 5.41) is 2.79. The van der Waals surface area contributed by atoms with Crippen molar-refractivity contribution in [2.24, 2.45) is 11.3 Å². The second-order valence-corrected chi connectivity index (χ2v) is 6.56. The molecular formula is C17H23N3O2. The molecule has 22 heavy (non-hydrogen) atoms. The van der Waals surface area contributed by atoms with Crippen LogP contribution in [-0.4, -0.2) is 54.8 Å². The average molecular weight is 301 g/mol. The highest BCUT2D eigenvalue weighted by Crippen LogP contribution is 2.44. The summed E-state index contributed by atoms with van der Waals surface area (Å²) in [5.41, 5.74) is 1.19. The Kier molecular flexibility index (Phi) is 3.91. The summed E-state index contributed by atoms with van der Waals surface area (Å²) < 4.78 is 0. The van der Waals surface area contributed by atoms with Crippen molar-refractivity contribution >= 4 is 11.8 Å². The van der Waals surface area contributed by atoms with Gasteiger partial charge in [0.1, 0.15) is 0 Å². The molecule has 5 heteroatoms. The number of carbonyl (C=O) groups excluding carboxylic acids is 2. The first-order valence-electron chi connectivity index (χ1n) is 7.77. The first-order valence-corrected chi connectivity index (χ1v) is 7.77. The van der Waals surface area contributed by atoms with Crippen LogP contribution < -0.4 is 5.32 Å². The van der Waals surface area contributed by atoms with Crippen LogP contribution >= 0.6 is 0 Å². The largest absolute Gasteiger partial charge is 0.359 e. The minimum Gasteiger partial charge on any atom is -0.359 e. The van der Waals surface area contributed by atoms with E-state index in [1.807, 2.05) is 23.1 Å². The fourth-order valence-corrected chi connectivity index (χ4v) is 3.83. The van der Waals surface area contributed by atoms with Crippen LogP contribution in [-0.2, 0) is 16.1 Å². The van der Waals surface area contributed by atoms with Gasteiger partial charge in [-0.3, -0.25) is 14.5 Å². The van der Waals surface area contributed by atoms with Gasteiger partial charge in [0.25, 0.3) is 0 Å². The van der Waals surface area contributed by atoms with Gasteiger partial charge >= 0.3 is 0 Å². The SMILES string of the molecule is CNC(=O)C1CN(Cc2ccccc2)CC12CN(C(C)=O)C2. The molecule has 0 radical (unpaired) electrons. The smallest absolute Gasteiger partial charge is 0.224 e. The summed E-state index contributed by atoms with van der Waals surface area (Å²) in [6.45, 7) is 5.50. The lowest BCUT2D eigenvalue weighted by molar-refractivity contribution is -0.147. The highest BCUT2D eigenvalue weighted by atomic mass is 16.2. The lowest BCUT2D eigenvalue weighted by atomic mass is 9.71. The summed E-state index contributed by atoms with van der Waals surface area (Å²) in [6.07, 6.45) is 0. The van der Waals surface area contributed by atoms with Crippen molar-refractivity contribution in [3.05, 3.63) is 35.9 Å². The number of carbonyl (C=O) groups is 2. The highest BCUT2D eigenvalue weighted by molar-refractivity contribution is 5.81. The molecule has 5 nitrogen and oxygen atoms in total. The lowest BCUT2D eigenvalue weighted by Crippen LogP contribution is -2.63. The number of hydrogen-bond acceptors (Lipinski definition) is 3. The van der Waals surface area contributed by atoms with Crippen molar-refractivity contribution in [2.45, 2.75) is 13.5 Å². The second-order valence-electron chi connectivity index (χ2n) is 6.56. The van der Waals surface area contributed by atoms with Crippen LogP contribution in [0, 0.1) is 11.3 Å². The van der Waals surface area contributed by atoms with Gasteiger partial charge in [-0.15, -0.1) is 0 Å². The monoisotopic (exact) mass is 301 g/mol. The van der Waals surface area contributed by atoms with E-state index in [1.54, 1.807) is 14.0 Å². The molecule has 1 spiro atoms. The van der Waals surface area contributed by atoms with Crippen molar-refractivity contribution in [1.82, 2.24) is 15.1 Å². The molecule has 2 saturated heterocycles. The van der Waals surface area contributed by atoms with Gasteiger partial charge in [-0.25, -0.2) is 0 Å². The third kappa shape index (κ3) is 2.61. The van der Waals surface area contributed by atoms with Gasteiger partial charge in [0.2, 0.25) is 11.8 Å². The van der Waals surface area contributed by atoms with Gasteiger partial charge in [-0.2, -0.15) is 0 Å². The van der Waals surface area contributed by atoms with Gasteiger partial charge in [-0.05, 0) is 5.56 Å². The van der Waals surface area contributed by atoms with Crippen LogP contribution in [0.2, 0.25) is 0 Å². The molecule has 0 aliphatic carbocycles. The molecule has 1 aromatic carbocycles. The second kappa shape index (κ2) is 5.72. The van der Waals surface area contributed by atoms with E-state index in [-0.39, 0.29) is 23.1 Å². The molecular weight excluding hydrogens is 278 g/mol. The molecule has 2 amide bonds. The molecule has 2 aliphatic rings. The molecule has 2 fully saturated rings. The summed E-state index contributed by atoms with van der Waals surface area (Å²) in [6, 6.07) is 10.3. The molecule has 1 unspecified atom stereocenters. The van der Waals surface area contributed by atoms with E-state index in [9.17, 15) is 9.59 Å². The first-order chi connectivity index (χ1) is 10.5. The van der Waals surface area contributed by atoms with Crippen molar-refractivity contribution in [2.75, 3.05) is 33.2 Å². The van der Waals surface area contributed by atoms with Crippen LogP contribution in [0.25, 0.3) is 0 Å². The summed E-state index contributed by atoms with van der Waals surface area (Å²) in [5.74, 6) is 0.165. The molecule has 0 aromatic heterocycles. The molecule has 1 aromatic rings. The lowest BCUT2D eigenvalue weighted by Gasteiger charge is -2.50. The molecule has 1 atom stereocenters. The number of likely N-dealkylation sites (tertiary alicyclic amines) is 2. The average Bonchev–Trinajstić information content (AvgIpc) is 2.85. The van der Waals surface area contributed by atoms with E-state index in [2.05, 4.69) is 22.3 Å². The van der Waals surface area contributed by atoms with Crippen molar-refractivity contribution in [1.29, 1.82) is 0 Å². The minimum atomic E-state index is -0.0689. The topological polar surface area (TPSA) is 52.7 Å². The fraction of sp³-hybridized carbons (Fsp3) is 0.529. The maximum Gasteiger partial charge on any atom is 0.224 e. The number of hydrogen-bond donors (Lipinski definition) is 1. The van der Waals surface area contributed by atoms with Gasteiger partial charge in [0, 0.05) is 52.1 Å². The zero-order valence-corrected chi connectivity index (χ0v) is 13.2. The Morgan fingerprint density at radius 1 is 1.23 bits per heavy atom. The Labute approximate surface area is 131 Å². The predicted octanol–water partition coefficient (Wildman–Crippen LogP) is 0.713. The van der Waals surface area contributed by atoms with Crippen LogP contribution in [0.1, 0.15) is 12.5 Å². The maximum absolute atomic E-state index is 12.3. The van der Waals surface area contributed by atoms with Gasteiger partial charge in [-0.1, -0.05) is 30.3 Å². The van der Waals surface area contributed by atoms with Crippen LogP contribution in [0.3, 0.4) is 0 Å². The zero-order chi connectivity index (χ0) is 15.7. The Morgan fingerprint density at radius 2 is 1.91 bits per heavy atom. The van der Waals surface area contributed by atoms with E-state index in [0.29, 0.717) is 13.1 Å². The third-order valence-electron chi connectivity index (χ3n) is 4.99. The normalized spacial score (nSPS) is 23.4. The number of rotatable bonds is 3. The Bertz CT molecular complexity index is 567. The van der Waals surface area contributed by atoms with E-state index in [4.69, 9.17) is 0 Å². The minimum absolute atomic E-state index is 0.0307. The Morgan fingerprint density at radius 3 is 2.50 bits per heavy atom. The Hall–Kier alpha value is -1.88. The van der Waals surface area contributed by atoms with E-state index in [0.717, 1.165) is 19.6 Å². The molecule has 1 N–H and O–H groups in total. The van der Waals surface area contributed by atoms with Crippen LogP contribution in [0.15, 0.2) is 30.3 Å². The molecule has 2 heterocycles. The molecule has 3 rings (SSSR count). The van der Waals surface area contributed by atoms with Crippen molar-refractivity contribution < 1.29 is 9.59 Å². The predicted molar refractivity (Wildman–Crippen MR) is 84.0 cm³/mol. The molecule has 0 saturated carbocycles. The van der Waals surface area contributed by atoms with E-state index < -0.39 is 0 Å². The van der Waals surface area contributed by atoms with Gasteiger partial charge < -0.3 is 10.2 Å². The van der Waals surface area contributed by atoms with Crippen LogP contribution in [0.4, 0.5) is 0 Å². The quantitative estimate of drug-likeness (QED) is 0.895. The summed E-state index contributed by atoms with van der Waals surface area (Å²) >= 11 is 0. The Balaban J connectivity index is 1.72. The maximum atomic E-state index is 12.3. The molecule has 2 aliphatic heterocycles. The summed E-state index contributed by atoms with van der Waals surface area (Å²) in [4.78, 5) is 27.9. The number of nitrogens with zero attached hydrogens (tertiary/aromatic N) is 2. The number of amides is 2. The van der Waals surface area contributed by atoms with Gasteiger partial charge in [0.15, 0.2) is 0 Å².